The van der Waals surface area contributed by atoms with Crippen LogP contribution in [0.5, 0.6) is 0 Å². The molecule has 0 bridgehead atoms. The second-order valence-electron chi connectivity index (χ2n) is 11.3. The molecule has 41 heavy (non-hydrogen) atoms. The summed E-state index contributed by atoms with van der Waals surface area (Å²) in [4.78, 5) is 13.8. The topological polar surface area (TPSA) is 64.9 Å². The lowest BCUT2D eigenvalue weighted by Crippen LogP contribution is -2.45. The smallest absolute Gasteiger partial charge is 0.325 e. The zero-order valence-corrected chi connectivity index (χ0v) is 23.7. The van der Waals surface area contributed by atoms with E-state index in [1.165, 1.54) is 30.3 Å². The van der Waals surface area contributed by atoms with Gasteiger partial charge in [-0.1, -0.05) is 62.2 Å². The molecule has 4 atom stereocenters. The van der Waals surface area contributed by atoms with Crippen molar-refractivity contribution in [2.24, 2.45) is 5.41 Å². The molecule has 4 rings (SSSR count). The first-order valence-corrected chi connectivity index (χ1v) is 13.4. The highest BCUT2D eigenvalue weighted by Crippen LogP contribution is 2.53. The van der Waals surface area contributed by atoms with Crippen molar-refractivity contribution < 1.29 is 26.7 Å². The van der Waals surface area contributed by atoms with Gasteiger partial charge in [-0.3, -0.25) is 4.79 Å². The number of nitrogens with zero attached hydrogens (tertiary/aromatic N) is 1. The quantitative estimate of drug-likeness (QED) is 0.286. The predicted octanol–water partition coefficient (Wildman–Crippen LogP) is 8.25. The van der Waals surface area contributed by atoms with Gasteiger partial charge in [0.05, 0.1) is 22.7 Å². The average molecular weight is 610 g/mol. The van der Waals surface area contributed by atoms with E-state index in [0.717, 1.165) is 30.3 Å². The fraction of sp³-hybridized carbons (Fsp3) is 0.333. The van der Waals surface area contributed by atoms with Gasteiger partial charge in [-0.05, 0) is 59.9 Å². The van der Waals surface area contributed by atoms with Crippen molar-refractivity contribution in [1.82, 2.24) is 5.32 Å². The number of carbonyl (C=O) groups is 1. The van der Waals surface area contributed by atoms with E-state index < -0.39 is 58.1 Å². The molecule has 1 aliphatic heterocycles. The maximum Gasteiger partial charge on any atom is 0.416 e. The molecule has 4 nitrogen and oxygen atoms in total. The number of nitriles is 1. The molecule has 1 amide bonds. The minimum Gasteiger partial charge on any atom is -0.325 e. The summed E-state index contributed by atoms with van der Waals surface area (Å²) in [6.45, 7) is 5.71. The van der Waals surface area contributed by atoms with Crippen molar-refractivity contribution in [3.8, 4) is 6.07 Å². The average Bonchev–Trinajstić information content (AvgIpc) is 3.18. The molecule has 1 heterocycles. The molecular formula is C30H26Cl2F5N3O. The van der Waals surface area contributed by atoms with Gasteiger partial charge in [-0.2, -0.15) is 18.4 Å². The number of carbonyl (C=O) groups excluding carboxylic acids is 1. The van der Waals surface area contributed by atoms with Gasteiger partial charge in [0.15, 0.2) is 0 Å². The fourth-order valence-corrected chi connectivity index (χ4v) is 5.86. The molecule has 1 aliphatic rings. The highest BCUT2D eigenvalue weighted by molar-refractivity contribution is 6.31. The van der Waals surface area contributed by atoms with Crippen LogP contribution in [-0.4, -0.2) is 18.0 Å². The molecule has 0 spiro atoms. The van der Waals surface area contributed by atoms with Crippen LogP contribution in [0.3, 0.4) is 0 Å². The minimum atomic E-state index is -4.57. The number of nitrogens with one attached hydrogen (secondary N) is 2. The van der Waals surface area contributed by atoms with Crippen LogP contribution in [-0.2, 0) is 16.4 Å². The summed E-state index contributed by atoms with van der Waals surface area (Å²) in [5.41, 5.74) is -3.28. The molecule has 0 aromatic heterocycles. The Labute approximate surface area is 244 Å². The van der Waals surface area contributed by atoms with Crippen LogP contribution in [0.2, 0.25) is 10.0 Å². The molecule has 2 N–H and O–H groups in total. The lowest BCUT2D eigenvalue weighted by atomic mass is 9.62. The van der Waals surface area contributed by atoms with Crippen LogP contribution in [0.1, 0.15) is 49.8 Å². The lowest BCUT2D eigenvalue weighted by molar-refractivity contribution is -0.137. The standard InChI is InChI=1S/C30H26Cl2F5N3O/c1-28(2,3)14-23-29(15-38,20-12-9-17(31)13-22(20)33)24(19-5-4-6-21(32)25(19)34)26(40-23)27(41)39-18-10-7-16(8-11-18)30(35,36)37/h4-13,23-24,26,40H,14H2,1-3H3,(H,39,41). The molecule has 4 unspecified atom stereocenters. The first kappa shape index (κ1) is 30.8. The second-order valence-corrected chi connectivity index (χ2v) is 12.1. The van der Waals surface area contributed by atoms with Gasteiger partial charge < -0.3 is 10.6 Å². The van der Waals surface area contributed by atoms with E-state index in [1.807, 2.05) is 20.8 Å². The predicted molar refractivity (Wildman–Crippen MR) is 148 cm³/mol. The Kier molecular flexibility index (Phi) is 8.43. The van der Waals surface area contributed by atoms with Crippen LogP contribution < -0.4 is 10.6 Å². The summed E-state index contributed by atoms with van der Waals surface area (Å²) >= 11 is 12.1. The zero-order valence-electron chi connectivity index (χ0n) is 22.2. The van der Waals surface area contributed by atoms with Crippen molar-refractivity contribution in [3.63, 3.8) is 0 Å². The van der Waals surface area contributed by atoms with Crippen LogP contribution in [0.25, 0.3) is 0 Å². The summed E-state index contributed by atoms with van der Waals surface area (Å²) < 4.78 is 70.5. The fourth-order valence-electron chi connectivity index (χ4n) is 5.52. The van der Waals surface area contributed by atoms with Crippen molar-refractivity contribution in [1.29, 1.82) is 5.26 Å². The Morgan fingerprint density at radius 3 is 2.27 bits per heavy atom. The molecule has 1 fully saturated rings. The van der Waals surface area contributed by atoms with E-state index in [1.54, 1.807) is 0 Å². The minimum absolute atomic E-state index is 0.0506. The first-order valence-electron chi connectivity index (χ1n) is 12.6. The Bertz CT molecular complexity index is 1500. The van der Waals surface area contributed by atoms with Crippen LogP contribution in [0.15, 0.2) is 60.7 Å². The molecule has 216 valence electrons. The largest absolute Gasteiger partial charge is 0.416 e. The number of alkyl halides is 3. The van der Waals surface area contributed by atoms with Gasteiger partial charge in [-0.25, -0.2) is 8.78 Å². The third kappa shape index (κ3) is 6.06. The summed E-state index contributed by atoms with van der Waals surface area (Å²) in [5, 5.41) is 16.4. The molecule has 0 radical (unpaired) electrons. The van der Waals surface area contributed by atoms with Gasteiger partial charge in [0, 0.05) is 28.2 Å². The highest BCUT2D eigenvalue weighted by atomic mass is 35.5. The molecule has 0 saturated carbocycles. The Balaban J connectivity index is 1.91. The molecule has 3 aromatic carbocycles. The summed E-state index contributed by atoms with van der Waals surface area (Å²) in [5.74, 6) is -3.74. The third-order valence-corrected chi connectivity index (χ3v) is 7.74. The van der Waals surface area contributed by atoms with E-state index in [0.29, 0.717) is 0 Å². The summed E-state index contributed by atoms with van der Waals surface area (Å²) in [7, 11) is 0. The van der Waals surface area contributed by atoms with E-state index in [-0.39, 0.29) is 33.3 Å². The number of halogens is 7. The number of hydrogen-bond acceptors (Lipinski definition) is 3. The van der Waals surface area contributed by atoms with Gasteiger partial charge in [0.25, 0.3) is 0 Å². The molecule has 11 heteroatoms. The van der Waals surface area contributed by atoms with E-state index in [2.05, 4.69) is 16.7 Å². The van der Waals surface area contributed by atoms with E-state index >= 15 is 8.78 Å². The maximum absolute atomic E-state index is 15.7. The van der Waals surface area contributed by atoms with Crippen LogP contribution in [0, 0.1) is 28.4 Å². The van der Waals surface area contributed by atoms with E-state index in [9.17, 15) is 23.2 Å². The van der Waals surface area contributed by atoms with Crippen molar-refractivity contribution in [2.45, 2.75) is 56.8 Å². The normalized spacial score (nSPS) is 22.8. The first-order chi connectivity index (χ1) is 19.1. The van der Waals surface area contributed by atoms with Crippen molar-refractivity contribution in [3.05, 3.63) is 99.0 Å². The van der Waals surface area contributed by atoms with Gasteiger partial charge in [0.2, 0.25) is 5.91 Å². The second kappa shape index (κ2) is 11.2. The zero-order chi connectivity index (χ0) is 30.3. The van der Waals surface area contributed by atoms with Gasteiger partial charge in [0.1, 0.15) is 17.0 Å². The Morgan fingerprint density at radius 2 is 1.71 bits per heavy atom. The Hall–Kier alpha value is -3.19. The number of benzene rings is 3. The highest BCUT2D eigenvalue weighted by Gasteiger charge is 2.61. The maximum atomic E-state index is 15.7. The molecular weight excluding hydrogens is 584 g/mol. The monoisotopic (exact) mass is 609 g/mol. The number of amides is 1. The molecule has 1 saturated heterocycles. The van der Waals surface area contributed by atoms with Crippen molar-refractivity contribution in [2.75, 3.05) is 5.32 Å². The number of hydrogen-bond donors (Lipinski definition) is 2. The van der Waals surface area contributed by atoms with Crippen LogP contribution >= 0.6 is 23.2 Å². The number of anilines is 1. The number of rotatable bonds is 5. The third-order valence-electron chi connectivity index (χ3n) is 7.21. The Morgan fingerprint density at radius 1 is 1.05 bits per heavy atom. The summed E-state index contributed by atoms with van der Waals surface area (Å²) in [6, 6.07) is 11.8. The molecule has 3 aromatic rings. The molecule has 0 aliphatic carbocycles. The van der Waals surface area contributed by atoms with Crippen molar-refractivity contribution >= 4 is 34.8 Å². The SMILES string of the molecule is CC(C)(C)CC1NC(C(=O)Nc2ccc(C(F)(F)F)cc2)C(c2cccc(Cl)c2F)C1(C#N)c1ccc(Cl)cc1F. The van der Waals surface area contributed by atoms with Gasteiger partial charge >= 0.3 is 6.18 Å². The van der Waals surface area contributed by atoms with E-state index in [4.69, 9.17) is 23.2 Å². The summed E-state index contributed by atoms with van der Waals surface area (Å²) in [6.07, 6.45) is -4.30. The van der Waals surface area contributed by atoms with Crippen LogP contribution in [0.4, 0.5) is 27.6 Å². The lowest BCUT2D eigenvalue weighted by Gasteiger charge is -2.37. The van der Waals surface area contributed by atoms with Gasteiger partial charge in [-0.15, -0.1) is 0 Å².